The molecule has 0 spiro atoms. The average molecular weight is 246 g/mol. The summed E-state index contributed by atoms with van der Waals surface area (Å²) in [6, 6.07) is 2.14. The molecule has 0 aromatic heterocycles. The Bertz CT molecular complexity index is 446. The highest BCUT2D eigenvalue weighted by atomic mass is 19.4. The molecule has 1 nitrogen and oxygen atoms in total. The summed E-state index contributed by atoms with van der Waals surface area (Å²) in [4.78, 5) is 11.4. The van der Waals surface area contributed by atoms with Crippen molar-refractivity contribution in [2.75, 3.05) is 0 Å². The Hall–Kier alpha value is -1.65. The molecule has 0 saturated carbocycles. The van der Waals surface area contributed by atoms with Crippen molar-refractivity contribution in [2.24, 2.45) is 0 Å². The van der Waals surface area contributed by atoms with Gasteiger partial charge in [0.15, 0.2) is 5.78 Å². The van der Waals surface area contributed by atoms with Crippen LogP contribution in [0.5, 0.6) is 0 Å². The third-order valence-corrected chi connectivity index (χ3v) is 2.06. The number of carbonyl (C=O) groups excluding carboxylic acids is 1. The van der Waals surface area contributed by atoms with Gasteiger partial charge in [-0.3, -0.25) is 4.79 Å². The van der Waals surface area contributed by atoms with Gasteiger partial charge in [0.1, 0.15) is 5.82 Å². The number of hydrogen-bond acceptors (Lipinski definition) is 1. The first kappa shape index (κ1) is 13.4. The third-order valence-electron chi connectivity index (χ3n) is 2.06. The van der Waals surface area contributed by atoms with E-state index in [2.05, 4.69) is 0 Å². The smallest absolute Gasteiger partial charge is 0.289 e. The van der Waals surface area contributed by atoms with Gasteiger partial charge in [0.25, 0.3) is 0 Å². The van der Waals surface area contributed by atoms with E-state index >= 15 is 0 Å². The van der Waals surface area contributed by atoms with Gasteiger partial charge in [-0.15, -0.1) is 0 Å². The van der Waals surface area contributed by atoms with Crippen molar-refractivity contribution in [3.05, 3.63) is 47.3 Å². The Morgan fingerprint density at radius 3 is 2.47 bits per heavy atom. The van der Waals surface area contributed by atoms with Gasteiger partial charge in [0.2, 0.25) is 0 Å². The van der Waals surface area contributed by atoms with Crippen LogP contribution < -0.4 is 0 Å². The highest BCUT2D eigenvalue weighted by Gasteiger charge is 2.34. The minimum Gasteiger partial charge on any atom is -0.289 e. The zero-order valence-electron chi connectivity index (χ0n) is 9.01. The summed E-state index contributed by atoms with van der Waals surface area (Å²) in [6.45, 7) is 1.80. The van der Waals surface area contributed by atoms with Gasteiger partial charge in [-0.2, -0.15) is 13.2 Å². The largest absolute Gasteiger partial charge is 0.419 e. The lowest BCUT2D eigenvalue weighted by molar-refractivity contribution is -0.140. The molecule has 92 valence electrons. The van der Waals surface area contributed by atoms with Crippen LogP contribution in [0.25, 0.3) is 0 Å². The number of allylic oxidation sites excluding steroid dienone is 2. The predicted octanol–water partition coefficient (Wildman–Crippen LogP) is 3.99. The van der Waals surface area contributed by atoms with E-state index in [1.54, 1.807) is 13.0 Å². The molecule has 1 aromatic rings. The number of hydrogen-bond donors (Lipinski definition) is 0. The molecule has 0 N–H and O–H groups in total. The summed E-state index contributed by atoms with van der Waals surface area (Å²) < 4.78 is 49.9. The van der Waals surface area contributed by atoms with Gasteiger partial charge in [-0.25, -0.2) is 4.39 Å². The molecule has 0 unspecified atom stereocenters. The zero-order chi connectivity index (χ0) is 13.1. The lowest BCUT2D eigenvalue weighted by Gasteiger charge is -2.08. The molecule has 0 aliphatic heterocycles. The fraction of sp³-hybridized carbons (Fsp3) is 0.250. The summed E-state index contributed by atoms with van der Waals surface area (Å²) in [6.07, 6.45) is -1.36. The third kappa shape index (κ3) is 3.41. The van der Waals surface area contributed by atoms with E-state index in [-0.39, 0.29) is 5.56 Å². The molecule has 1 rings (SSSR count). The standard InChI is InChI=1S/C12H10F4O/c1-2-3-4-11(17)8-5-6-9(10(13)7-8)12(14,15)16/h3-7H,2H2,1H3/b4-3+. The van der Waals surface area contributed by atoms with E-state index in [4.69, 9.17) is 0 Å². The van der Waals surface area contributed by atoms with E-state index in [0.717, 1.165) is 6.07 Å². The number of rotatable bonds is 3. The number of alkyl halides is 3. The first-order chi connectivity index (χ1) is 7.86. The second kappa shape index (κ2) is 5.12. The molecule has 0 atom stereocenters. The fourth-order valence-corrected chi connectivity index (χ4v) is 1.22. The second-order valence-corrected chi connectivity index (χ2v) is 3.37. The molecular formula is C12H10F4O. The quantitative estimate of drug-likeness (QED) is 0.447. The number of ketones is 1. The highest BCUT2D eigenvalue weighted by Crippen LogP contribution is 2.31. The number of carbonyl (C=O) groups is 1. The molecule has 5 heteroatoms. The lowest BCUT2D eigenvalue weighted by atomic mass is 10.1. The number of benzene rings is 1. The Balaban J connectivity index is 3.05. The first-order valence-electron chi connectivity index (χ1n) is 4.94. The van der Waals surface area contributed by atoms with E-state index < -0.39 is 23.3 Å². The van der Waals surface area contributed by atoms with Gasteiger partial charge in [-0.1, -0.05) is 19.1 Å². The fourth-order valence-electron chi connectivity index (χ4n) is 1.22. The molecule has 0 bridgehead atoms. The maximum Gasteiger partial charge on any atom is 0.419 e. The summed E-state index contributed by atoms with van der Waals surface area (Å²) in [5, 5.41) is 0. The molecule has 0 heterocycles. The summed E-state index contributed by atoms with van der Waals surface area (Å²) in [5.41, 5.74) is -1.46. The van der Waals surface area contributed by atoms with Gasteiger partial charge in [0.05, 0.1) is 5.56 Å². The van der Waals surface area contributed by atoms with Crippen molar-refractivity contribution >= 4 is 5.78 Å². The normalized spacial score (nSPS) is 12.1. The van der Waals surface area contributed by atoms with Gasteiger partial charge in [0, 0.05) is 5.56 Å². The van der Waals surface area contributed by atoms with E-state index in [1.165, 1.54) is 6.08 Å². The Morgan fingerprint density at radius 1 is 1.35 bits per heavy atom. The molecule has 0 fully saturated rings. The molecule has 0 amide bonds. The number of halogens is 4. The Labute approximate surface area is 95.8 Å². The van der Waals surface area contributed by atoms with Crippen molar-refractivity contribution in [3.8, 4) is 0 Å². The van der Waals surface area contributed by atoms with Crippen LogP contribution in [0.4, 0.5) is 17.6 Å². The van der Waals surface area contributed by atoms with Gasteiger partial charge < -0.3 is 0 Å². The van der Waals surface area contributed by atoms with Crippen LogP contribution in [0.3, 0.4) is 0 Å². The van der Waals surface area contributed by atoms with Crippen LogP contribution in [0.2, 0.25) is 0 Å². The lowest BCUT2D eigenvalue weighted by Crippen LogP contribution is -2.09. The summed E-state index contributed by atoms with van der Waals surface area (Å²) in [7, 11) is 0. The molecule has 0 saturated heterocycles. The van der Waals surface area contributed by atoms with Crippen LogP contribution in [-0.4, -0.2) is 5.78 Å². The minimum atomic E-state index is -4.75. The molecular weight excluding hydrogens is 236 g/mol. The molecule has 0 radical (unpaired) electrons. The molecule has 0 aliphatic rings. The van der Waals surface area contributed by atoms with E-state index in [0.29, 0.717) is 18.6 Å². The van der Waals surface area contributed by atoms with Crippen molar-refractivity contribution < 1.29 is 22.4 Å². The Morgan fingerprint density at radius 2 is 2.00 bits per heavy atom. The maximum atomic E-state index is 13.1. The highest BCUT2D eigenvalue weighted by molar-refractivity contribution is 6.04. The van der Waals surface area contributed by atoms with Crippen molar-refractivity contribution in [2.45, 2.75) is 19.5 Å². The molecule has 17 heavy (non-hydrogen) atoms. The second-order valence-electron chi connectivity index (χ2n) is 3.37. The molecule has 1 aromatic carbocycles. The monoisotopic (exact) mass is 246 g/mol. The minimum absolute atomic E-state index is 0.0970. The zero-order valence-corrected chi connectivity index (χ0v) is 9.01. The van der Waals surface area contributed by atoms with Crippen LogP contribution in [-0.2, 0) is 6.18 Å². The topological polar surface area (TPSA) is 17.1 Å². The van der Waals surface area contributed by atoms with Gasteiger partial charge in [-0.05, 0) is 24.6 Å². The average Bonchev–Trinajstić information content (AvgIpc) is 2.23. The molecule has 0 aliphatic carbocycles. The van der Waals surface area contributed by atoms with E-state index in [9.17, 15) is 22.4 Å². The van der Waals surface area contributed by atoms with Crippen molar-refractivity contribution in [1.82, 2.24) is 0 Å². The van der Waals surface area contributed by atoms with Crippen molar-refractivity contribution in [1.29, 1.82) is 0 Å². The SMILES string of the molecule is CC/C=C/C(=O)c1ccc(C(F)(F)F)c(F)c1. The van der Waals surface area contributed by atoms with E-state index in [1.807, 2.05) is 0 Å². The predicted molar refractivity (Wildman–Crippen MR) is 55.2 cm³/mol. The van der Waals surface area contributed by atoms with Crippen LogP contribution >= 0.6 is 0 Å². The van der Waals surface area contributed by atoms with Crippen LogP contribution in [0.1, 0.15) is 29.3 Å². The van der Waals surface area contributed by atoms with Gasteiger partial charge >= 0.3 is 6.18 Å². The Kier molecular flexibility index (Phi) is 4.04. The van der Waals surface area contributed by atoms with Crippen LogP contribution in [0.15, 0.2) is 30.4 Å². The summed E-state index contributed by atoms with van der Waals surface area (Å²) >= 11 is 0. The maximum absolute atomic E-state index is 13.1. The van der Waals surface area contributed by atoms with Crippen molar-refractivity contribution in [3.63, 3.8) is 0 Å². The van der Waals surface area contributed by atoms with Crippen LogP contribution in [0, 0.1) is 5.82 Å². The summed E-state index contributed by atoms with van der Waals surface area (Å²) in [5.74, 6) is -1.95. The first-order valence-corrected chi connectivity index (χ1v) is 4.94.